The number of Topliss-reactive ketones (excluding diaryl/α,β-unsaturated/α-hetero) is 1. The third kappa shape index (κ3) is 4.95. The number of carbonyl (C=O) groups excluding carboxylic acids is 3. The molecule has 0 saturated carbocycles. The molecule has 0 unspecified atom stereocenters. The number of hydrogen-bond acceptors (Lipinski definition) is 4. The van der Waals surface area contributed by atoms with Crippen LogP contribution in [-0.2, 0) is 16.1 Å². The molecule has 1 heterocycles. The first-order valence-electron chi connectivity index (χ1n) is 7.46. The van der Waals surface area contributed by atoms with E-state index in [-0.39, 0.29) is 24.0 Å². The van der Waals surface area contributed by atoms with Crippen molar-refractivity contribution < 1.29 is 14.4 Å². The van der Waals surface area contributed by atoms with E-state index in [0.717, 1.165) is 11.1 Å². The second-order valence-corrected chi connectivity index (χ2v) is 5.39. The Hall–Kier alpha value is -3.15. The van der Waals surface area contributed by atoms with E-state index in [1.165, 1.54) is 6.92 Å². The molecule has 0 radical (unpaired) electrons. The Labute approximate surface area is 140 Å². The van der Waals surface area contributed by atoms with Crippen molar-refractivity contribution in [2.75, 3.05) is 11.1 Å². The van der Waals surface area contributed by atoms with Gasteiger partial charge in [0.1, 0.15) is 5.78 Å². The number of carbonyl (C=O) groups is 3. The molecule has 0 fully saturated rings. The number of ketones is 1. The molecule has 1 aliphatic heterocycles. The maximum absolute atomic E-state index is 11.1. The van der Waals surface area contributed by atoms with Gasteiger partial charge in [0.25, 0.3) is 5.91 Å². The highest BCUT2D eigenvalue weighted by molar-refractivity contribution is 6.03. The van der Waals surface area contributed by atoms with E-state index >= 15 is 0 Å². The van der Waals surface area contributed by atoms with Crippen molar-refractivity contribution >= 4 is 29.0 Å². The molecular weight excluding hydrogens is 306 g/mol. The Morgan fingerprint density at radius 2 is 1.88 bits per heavy atom. The molecule has 0 spiro atoms. The number of para-hydroxylation sites is 1. The van der Waals surface area contributed by atoms with E-state index in [1.807, 2.05) is 24.3 Å². The zero-order valence-electron chi connectivity index (χ0n) is 13.3. The summed E-state index contributed by atoms with van der Waals surface area (Å²) >= 11 is 0. The Morgan fingerprint density at radius 1 is 1.17 bits per heavy atom. The van der Waals surface area contributed by atoms with E-state index in [9.17, 15) is 14.4 Å². The fourth-order valence-corrected chi connectivity index (χ4v) is 2.20. The molecule has 124 valence electrons. The van der Waals surface area contributed by atoms with Gasteiger partial charge in [-0.2, -0.15) is 0 Å². The van der Waals surface area contributed by atoms with Crippen molar-refractivity contribution in [2.24, 2.45) is 0 Å². The molecule has 0 aliphatic carbocycles. The molecule has 4 N–H and O–H groups in total. The van der Waals surface area contributed by atoms with Gasteiger partial charge in [0, 0.05) is 23.5 Å². The van der Waals surface area contributed by atoms with Gasteiger partial charge in [0.05, 0.1) is 6.42 Å². The highest BCUT2D eigenvalue weighted by Gasteiger charge is 2.17. The predicted molar refractivity (Wildman–Crippen MR) is 92.4 cm³/mol. The van der Waals surface area contributed by atoms with Gasteiger partial charge in [0.2, 0.25) is 5.91 Å². The molecule has 0 saturated heterocycles. The number of fused-ring (bicyclic) bond motifs is 1. The third-order valence-electron chi connectivity index (χ3n) is 3.28. The highest BCUT2D eigenvalue weighted by atomic mass is 16.2. The molecule has 6 heteroatoms. The summed E-state index contributed by atoms with van der Waals surface area (Å²) in [7, 11) is 0. The fourth-order valence-electron chi connectivity index (χ4n) is 2.20. The van der Waals surface area contributed by atoms with Gasteiger partial charge < -0.3 is 16.4 Å². The van der Waals surface area contributed by atoms with Crippen LogP contribution in [0.4, 0.5) is 11.4 Å². The fraction of sp³-hybridized carbons (Fsp3) is 0.167. The molecule has 24 heavy (non-hydrogen) atoms. The van der Waals surface area contributed by atoms with Crippen LogP contribution in [0.25, 0.3) is 0 Å². The minimum Gasteiger partial charge on any atom is -0.399 e. The maximum atomic E-state index is 11.1. The van der Waals surface area contributed by atoms with Crippen molar-refractivity contribution in [3.8, 4) is 0 Å². The zero-order chi connectivity index (χ0) is 17.5. The van der Waals surface area contributed by atoms with Gasteiger partial charge in [-0.3, -0.25) is 14.4 Å². The summed E-state index contributed by atoms with van der Waals surface area (Å²) in [4.78, 5) is 32.7. The SMILES string of the molecule is CC(=O)CC(=O)Nc1ccccc1.Nc1ccc2c(c1)CNC2=O. The standard InChI is InChI=1S/C10H11NO2.C8H8N2O/c1-8(12)7-10(13)11-9-5-3-2-4-6-9;9-6-1-2-7-5(3-6)4-10-8(7)11/h2-6H,7H2,1H3,(H,11,13);1-3H,4,9H2,(H,10,11). The zero-order valence-corrected chi connectivity index (χ0v) is 13.3. The molecule has 2 aromatic carbocycles. The van der Waals surface area contributed by atoms with Gasteiger partial charge in [-0.05, 0) is 42.8 Å². The first-order valence-corrected chi connectivity index (χ1v) is 7.46. The molecule has 1 aliphatic rings. The minimum atomic E-state index is -0.265. The Balaban J connectivity index is 0.000000175. The van der Waals surface area contributed by atoms with Crippen LogP contribution in [0.3, 0.4) is 0 Å². The quantitative estimate of drug-likeness (QED) is 0.594. The van der Waals surface area contributed by atoms with Gasteiger partial charge in [-0.15, -0.1) is 0 Å². The third-order valence-corrected chi connectivity index (χ3v) is 3.28. The molecule has 2 aromatic rings. The summed E-state index contributed by atoms with van der Waals surface area (Å²) in [5.74, 6) is -0.396. The average Bonchev–Trinajstić information content (AvgIpc) is 2.88. The number of benzene rings is 2. The summed E-state index contributed by atoms with van der Waals surface area (Å²) in [6, 6.07) is 14.4. The lowest BCUT2D eigenvalue weighted by atomic mass is 10.1. The molecule has 0 aromatic heterocycles. The molecule has 0 bridgehead atoms. The van der Waals surface area contributed by atoms with Crippen molar-refractivity contribution in [3.63, 3.8) is 0 Å². The van der Waals surface area contributed by atoms with Crippen molar-refractivity contribution in [1.82, 2.24) is 5.32 Å². The van der Waals surface area contributed by atoms with E-state index in [1.54, 1.807) is 24.3 Å². The average molecular weight is 325 g/mol. The second kappa shape index (κ2) is 7.92. The number of anilines is 2. The molecule has 6 nitrogen and oxygen atoms in total. The molecular formula is C18H19N3O3. The summed E-state index contributed by atoms with van der Waals surface area (Å²) in [6.07, 6.45) is -0.0606. The van der Waals surface area contributed by atoms with Crippen molar-refractivity contribution in [3.05, 3.63) is 59.7 Å². The largest absolute Gasteiger partial charge is 0.399 e. The van der Waals surface area contributed by atoms with Gasteiger partial charge in [-0.25, -0.2) is 0 Å². The summed E-state index contributed by atoms with van der Waals surface area (Å²) < 4.78 is 0. The second-order valence-electron chi connectivity index (χ2n) is 5.39. The lowest BCUT2D eigenvalue weighted by Crippen LogP contribution is -2.14. The van der Waals surface area contributed by atoms with Crippen molar-refractivity contribution in [2.45, 2.75) is 19.9 Å². The van der Waals surface area contributed by atoms with Crippen LogP contribution in [0.2, 0.25) is 0 Å². The monoisotopic (exact) mass is 325 g/mol. The first kappa shape index (κ1) is 17.2. The van der Waals surface area contributed by atoms with Crippen LogP contribution >= 0.6 is 0 Å². The van der Waals surface area contributed by atoms with Gasteiger partial charge in [0.15, 0.2) is 0 Å². The maximum Gasteiger partial charge on any atom is 0.251 e. The van der Waals surface area contributed by atoms with Crippen LogP contribution in [0.15, 0.2) is 48.5 Å². The lowest BCUT2D eigenvalue weighted by molar-refractivity contribution is -0.124. The molecule has 2 amide bonds. The van der Waals surface area contributed by atoms with Crippen LogP contribution in [0.5, 0.6) is 0 Å². The van der Waals surface area contributed by atoms with Crippen molar-refractivity contribution in [1.29, 1.82) is 0 Å². The van der Waals surface area contributed by atoms with Crippen LogP contribution < -0.4 is 16.4 Å². The number of nitrogen functional groups attached to an aromatic ring is 1. The van der Waals surface area contributed by atoms with Gasteiger partial charge >= 0.3 is 0 Å². The van der Waals surface area contributed by atoms with Crippen LogP contribution in [0, 0.1) is 0 Å². The highest BCUT2D eigenvalue weighted by Crippen LogP contribution is 2.17. The number of rotatable bonds is 3. The summed E-state index contributed by atoms with van der Waals surface area (Å²) in [5, 5.41) is 5.33. The number of amides is 2. The van der Waals surface area contributed by atoms with Gasteiger partial charge in [-0.1, -0.05) is 18.2 Å². The summed E-state index contributed by atoms with van der Waals surface area (Å²) in [5.41, 5.74) is 8.71. The van der Waals surface area contributed by atoms with E-state index in [0.29, 0.717) is 17.9 Å². The van der Waals surface area contributed by atoms with Crippen LogP contribution in [0.1, 0.15) is 29.3 Å². The molecule has 3 rings (SSSR count). The molecule has 0 atom stereocenters. The minimum absolute atomic E-state index is 0.000000000000000222. The van der Waals surface area contributed by atoms with E-state index in [4.69, 9.17) is 5.73 Å². The Kier molecular flexibility index (Phi) is 5.68. The Morgan fingerprint density at radius 3 is 2.54 bits per heavy atom. The predicted octanol–water partition coefficient (Wildman–Crippen LogP) is 2.12. The Bertz CT molecular complexity index is 757. The first-order chi connectivity index (χ1) is 11.5. The van der Waals surface area contributed by atoms with E-state index < -0.39 is 0 Å². The van der Waals surface area contributed by atoms with Crippen LogP contribution in [-0.4, -0.2) is 17.6 Å². The number of nitrogens with one attached hydrogen (secondary N) is 2. The number of nitrogens with two attached hydrogens (primary N) is 1. The smallest absolute Gasteiger partial charge is 0.251 e. The lowest BCUT2D eigenvalue weighted by Gasteiger charge is -2.01. The normalized spacial score (nSPS) is 11.6. The number of hydrogen-bond donors (Lipinski definition) is 3. The van der Waals surface area contributed by atoms with E-state index in [2.05, 4.69) is 10.6 Å². The summed E-state index contributed by atoms with van der Waals surface area (Å²) in [6.45, 7) is 2.00. The topological polar surface area (TPSA) is 101 Å².